The molecule has 3 heteroatoms. The topological polar surface area (TPSA) is 32.5 Å². The van der Waals surface area contributed by atoms with Crippen molar-refractivity contribution >= 4 is 11.4 Å². The Labute approximate surface area is 104 Å². The van der Waals surface area contributed by atoms with E-state index >= 15 is 0 Å². The number of hydrogen-bond acceptors (Lipinski definition) is 3. The fraction of sp³-hybridized carbons (Fsp3) is 0.571. The van der Waals surface area contributed by atoms with Gasteiger partial charge in [0, 0.05) is 43.6 Å². The van der Waals surface area contributed by atoms with Gasteiger partial charge in [-0.15, -0.1) is 0 Å². The summed E-state index contributed by atoms with van der Waals surface area (Å²) >= 11 is 0. The third-order valence-corrected chi connectivity index (χ3v) is 3.49. The summed E-state index contributed by atoms with van der Waals surface area (Å²) in [7, 11) is 0. The Kier molecular flexibility index (Phi) is 3.57. The van der Waals surface area contributed by atoms with Crippen LogP contribution in [0.2, 0.25) is 0 Å². The van der Waals surface area contributed by atoms with Gasteiger partial charge < -0.3 is 10.6 Å². The molecule has 0 amide bonds. The molecule has 1 saturated heterocycles. The molecule has 1 fully saturated rings. The van der Waals surface area contributed by atoms with Gasteiger partial charge in [-0.25, -0.2) is 0 Å². The minimum absolute atomic E-state index is 0.653. The van der Waals surface area contributed by atoms with Crippen LogP contribution in [0.1, 0.15) is 19.4 Å². The van der Waals surface area contributed by atoms with Crippen LogP contribution in [-0.4, -0.2) is 37.1 Å². The molecule has 0 aromatic heterocycles. The molecule has 0 saturated carbocycles. The molecule has 1 aromatic carbocycles. The average Bonchev–Trinajstić information content (AvgIpc) is 2.28. The summed E-state index contributed by atoms with van der Waals surface area (Å²) in [6.07, 6.45) is 0. The molecule has 1 aliphatic heterocycles. The van der Waals surface area contributed by atoms with Crippen molar-refractivity contribution in [3.8, 4) is 0 Å². The van der Waals surface area contributed by atoms with Crippen LogP contribution >= 0.6 is 0 Å². The summed E-state index contributed by atoms with van der Waals surface area (Å²) in [4.78, 5) is 4.96. The van der Waals surface area contributed by atoms with Crippen molar-refractivity contribution in [2.75, 3.05) is 36.8 Å². The maximum atomic E-state index is 5.90. The zero-order valence-corrected chi connectivity index (χ0v) is 11.1. The zero-order valence-electron chi connectivity index (χ0n) is 11.1. The Bertz CT molecular complexity index is 359. The van der Waals surface area contributed by atoms with Crippen molar-refractivity contribution in [3.63, 3.8) is 0 Å². The van der Waals surface area contributed by atoms with Crippen LogP contribution in [0.15, 0.2) is 18.2 Å². The van der Waals surface area contributed by atoms with Crippen LogP contribution in [0.3, 0.4) is 0 Å². The van der Waals surface area contributed by atoms with Gasteiger partial charge in [0.2, 0.25) is 0 Å². The maximum Gasteiger partial charge on any atom is 0.0390 e. The quantitative estimate of drug-likeness (QED) is 0.794. The summed E-state index contributed by atoms with van der Waals surface area (Å²) in [6, 6.07) is 6.98. The molecule has 0 aliphatic carbocycles. The largest absolute Gasteiger partial charge is 0.399 e. The molecule has 0 bridgehead atoms. The van der Waals surface area contributed by atoms with Gasteiger partial charge in [0.1, 0.15) is 0 Å². The predicted octanol–water partition coefficient (Wildman–Crippen LogP) is 2.11. The molecule has 94 valence electrons. The third-order valence-electron chi connectivity index (χ3n) is 3.49. The van der Waals surface area contributed by atoms with Crippen LogP contribution < -0.4 is 10.6 Å². The number of hydrogen-bond donors (Lipinski definition) is 1. The highest BCUT2D eigenvalue weighted by atomic mass is 15.3. The van der Waals surface area contributed by atoms with Gasteiger partial charge in [-0.3, -0.25) is 4.90 Å². The minimum Gasteiger partial charge on any atom is -0.399 e. The zero-order chi connectivity index (χ0) is 12.4. The maximum absolute atomic E-state index is 5.90. The van der Waals surface area contributed by atoms with Gasteiger partial charge in [0.15, 0.2) is 0 Å². The number of nitrogen functional groups attached to an aromatic ring is 1. The first-order chi connectivity index (χ1) is 8.06. The van der Waals surface area contributed by atoms with Crippen molar-refractivity contribution in [2.24, 2.45) is 0 Å². The Morgan fingerprint density at radius 1 is 1.06 bits per heavy atom. The molecular weight excluding hydrogens is 210 g/mol. The molecule has 2 rings (SSSR count). The third kappa shape index (κ3) is 2.91. The van der Waals surface area contributed by atoms with Crippen molar-refractivity contribution in [1.82, 2.24) is 4.90 Å². The number of aryl methyl sites for hydroxylation is 1. The summed E-state index contributed by atoms with van der Waals surface area (Å²) < 4.78 is 0. The first kappa shape index (κ1) is 12.2. The molecule has 3 nitrogen and oxygen atoms in total. The molecule has 1 aliphatic rings. The number of rotatable bonds is 2. The van der Waals surface area contributed by atoms with E-state index in [1.807, 2.05) is 6.07 Å². The van der Waals surface area contributed by atoms with E-state index in [1.54, 1.807) is 0 Å². The second-order valence-corrected chi connectivity index (χ2v) is 5.22. The van der Waals surface area contributed by atoms with Crippen LogP contribution in [0, 0.1) is 6.92 Å². The smallest absolute Gasteiger partial charge is 0.0390 e. The predicted molar refractivity (Wildman–Crippen MR) is 74.5 cm³/mol. The first-order valence-electron chi connectivity index (χ1n) is 6.42. The van der Waals surface area contributed by atoms with E-state index in [0.717, 1.165) is 31.9 Å². The van der Waals surface area contributed by atoms with Crippen molar-refractivity contribution in [3.05, 3.63) is 23.8 Å². The van der Waals surface area contributed by atoms with Crippen LogP contribution in [0.5, 0.6) is 0 Å². The van der Waals surface area contributed by atoms with E-state index in [1.165, 1.54) is 11.3 Å². The number of piperazine rings is 1. The Balaban J connectivity index is 2.05. The van der Waals surface area contributed by atoms with Crippen LogP contribution in [0.4, 0.5) is 11.4 Å². The Morgan fingerprint density at radius 3 is 2.24 bits per heavy atom. The highest BCUT2D eigenvalue weighted by molar-refractivity contribution is 5.58. The summed E-state index contributed by atoms with van der Waals surface area (Å²) in [5.41, 5.74) is 9.28. The first-order valence-corrected chi connectivity index (χ1v) is 6.42. The highest BCUT2D eigenvalue weighted by Crippen LogP contribution is 2.22. The Morgan fingerprint density at radius 2 is 1.71 bits per heavy atom. The summed E-state index contributed by atoms with van der Waals surface area (Å²) in [5, 5.41) is 0. The molecule has 1 aromatic rings. The average molecular weight is 233 g/mol. The SMILES string of the molecule is Cc1cc(N)cc(N2CCN(C(C)C)CC2)c1. The van der Waals surface area contributed by atoms with Gasteiger partial charge in [-0.1, -0.05) is 0 Å². The van der Waals surface area contributed by atoms with E-state index in [-0.39, 0.29) is 0 Å². The van der Waals surface area contributed by atoms with Gasteiger partial charge in [-0.05, 0) is 44.5 Å². The standard InChI is InChI=1S/C14H23N3/c1-11(2)16-4-6-17(7-5-16)14-9-12(3)8-13(15)10-14/h8-11H,4-7,15H2,1-3H3. The fourth-order valence-corrected chi connectivity index (χ4v) is 2.47. The van der Waals surface area contributed by atoms with Gasteiger partial charge in [0.05, 0.1) is 0 Å². The Hall–Kier alpha value is -1.22. The molecule has 2 N–H and O–H groups in total. The lowest BCUT2D eigenvalue weighted by atomic mass is 10.1. The second-order valence-electron chi connectivity index (χ2n) is 5.22. The molecular formula is C14H23N3. The lowest BCUT2D eigenvalue weighted by Crippen LogP contribution is -2.48. The van der Waals surface area contributed by atoms with Gasteiger partial charge in [0.25, 0.3) is 0 Å². The van der Waals surface area contributed by atoms with E-state index < -0.39 is 0 Å². The number of benzene rings is 1. The van der Waals surface area contributed by atoms with Crippen LogP contribution in [-0.2, 0) is 0 Å². The summed E-state index contributed by atoms with van der Waals surface area (Å²) in [5.74, 6) is 0. The molecule has 17 heavy (non-hydrogen) atoms. The number of anilines is 2. The second kappa shape index (κ2) is 4.96. The van der Waals surface area contributed by atoms with Gasteiger partial charge in [-0.2, -0.15) is 0 Å². The highest BCUT2D eigenvalue weighted by Gasteiger charge is 2.19. The molecule has 0 atom stereocenters. The molecule has 0 radical (unpaired) electrons. The summed E-state index contributed by atoms with van der Waals surface area (Å²) in [6.45, 7) is 11.1. The van der Waals surface area contributed by atoms with Crippen LogP contribution in [0.25, 0.3) is 0 Å². The fourth-order valence-electron chi connectivity index (χ4n) is 2.47. The van der Waals surface area contributed by atoms with E-state index in [2.05, 4.69) is 42.7 Å². The monoisotopic (exact) mass is 233 g/mol. The van der Waals surface area contributed by atoms with E-state index in [9.17, 15) is 0 Å². The van der Waals surface area contributed by atoms with Crippen molar-refractivity contribution in [1.29, 1.82) is 0 Å². The lowest BCUT2D eigenvalue weighted by Gasteiger charge is -2.38. The van der Waals surface area contributed by atoms with E-state index in [4.69, 9.17) is 5.73 Å². The lowest BCUT2D eigenvalue weighted by molar-refractivity contribution is 0.209. The molecule has 0 unspecified atom stereocenters. The molecule has 0 spiro atoms. The number of nitrogens with zero attached hydrogens (tertiary/aromatic N) is 2. The van der Waals surface area contributed by atoms with Crippen molar-refractivity contribution in [2.45, 2.75) is 26.8 Å². The normalized spacial score (nSPS) is 17.8. The minimum atomic E-state index is 0.653. The van der Waals surface area contributed by atoms with Gasteiger partial charge >= 0.3 is 0 Å². The number of nitrogens with two attached hydrogens (primary N) is 1. The molecule has 1 heterocycles. The van der Waals surface area contributed by atoms with Crippen molar-refractivity contribution < 1.29 is 0 Å². The van der Waals surface area contributed by atoms with E-state index in [0.29, 0.717) is 6.04 Å².